The minimum atomic E-state index is 0.641. The summed E-state index contributed by atoms with van der Waals surface area (Å²) in [6, 6.07) is 0. The Morgan fingerprint density at radius 3 is 2.67 bits per heavy atom. The molecule has 0 saturated carbocycles. The Kier molecular flexibility index (Phi) is 1.71. The molecule has 1 nitrogen and oxygen atoms in total. The minimum Gasteiger partial charge on any atom is -0.373 e. The predicted molar refractivity (Wildman–Crippen MR) is 33.2 cm³/mol. The quantitative estimate of drug-likeness (QED) is 0.369. The summed E-state index contributed by atoms with van der Waals surface area (Å²) < 4.78 is 6.18. The van der Waals surface area contributed by atoms with Gasteiger partial charge in [0.05, 0.1) is 12.7 Å². The Labute approximate surface area is 51.2 Å². The van der Waals surface area contributed by atoms with Crippen molar-refractivity contribution in [2.45, 2.75) is 12.5 Å². The zero-order valence-electron chi connectivity index (χ0n) is 3.48. The summed E-state index contributed by atoms with van der Waals surface area (Å²) in [6.07, 6.45) is 1.89. The largest absolute Gasteiger partial charge is 0.373 e. The highest BCUT2D eigenvalue weighted by Gasteiger charge is 2.20. The summed E-state index contributed by atoms with van der Waals surface area (Å²) >= 11 is 2.36. The normalized spacial score (nSPS) is 30.5. The van der Waals surface area contributed by atoms with E-state index in [1.165, 1.54) is 10.8 Å². The Bertz CT molecular complexity index is 42.8. The van der Waals surface area contributed by atoms with Crippen LogP contribution >= 0.6 is 22.6 Å². The Hall–Kier alpha value is 0.690. The van der Waals surface area contributed by atoms with Crippen LogP contribution in [0.4, 0.5) is 0 Å². The maximum absolute atomic E-state index is 4.94. The summed E-state index contributed by atoms with van der Waals surface area (Å²) in [5, 5.41) is 0. The van der Waals surface area contributed by atoms with Crippen molar-refractivity contribution >= 4 is 22.6 Å². The van der Waals surface area contributed by atoms with Crippen LogP contribution in [0.3, 0.4) is 0 Å². The third-order valence-electron chi connectivity index (χ3n) is 0.833. The van der Waals surface area contributed by atoms with Crippen LogP contribution in [0.5, 0.6) is 0 Å². The maximum atomic E-state index is 4.94. The van der Waals surface area contributed by atoms with Crippen molar-refractivity contribution in [1.82, 2.24) is 0 Å². The molecule has 1 heterocycles. The molecule has 2 heteroatoms. The molecule has 0 aromatic rings. The molecule has 0 aromatic heterocycles. The van der Waals surface area contributed by atoms with Gasteiger partial charge in [-0.05, 0) is 6.42 Å². The lowest BCUT2D eigenvalue weighted by Gasteiger charge is -1.78. The van der Waals surface area contributed by atoms with Crippen LogP contribution in [0.25, 0.3) is 0 Å². The average molecular weight is 198 g/mol. The average Bonchev–Trinajstić information content (AvgIpc) is 2.21. The van der Waals surface area contributed by atoms with Crippen LogP contribution in [-0.2, 0) is 4.74 Å². The highest BCUT2D eigenvalue weighted by atomic mass is 127. The van der Waals surface area contributed by atoms with E-state index in [-0.39, 0.29) is 0 Å². The van der Waals surface area contributed by atoms with Crippen LogP contribution in [0.2, 0.25) is 0 Å². The van der Waals surface area contributed by atoms with Gasteiger partial charge in [0.1, 0.15) is 0 Å². The summed E-state index contributed by atoms with van der Waals surface area (Å²) in [6.45, 7) is 1.02. The Balaban J connectivity index is 1.88. The standard InChI is InChI=1S/C4H7IO/c5-2-1-4-3-6-4/h4H,1-3H2/t4-/m1/s1. The fraction of sp³-hybridized carbons (Fsp3) is 1.00. The highest BCUT2D eigenvalue weighted by molar-refractivity contribution is 14.1. The van der Waals surface area contributed by atoms with Gasteiger partial charge in [0.15, 0.2) is 0 Å². The minimum absolute atomic E-state index is 0.641. The third-order valence-corrected chi connectivity index (χ3v) is 1.46. The molecular weight excluding hydrogens is 191 g/mol. The van der Waals surface area contributed by atoms with Gasteiger partial charge in [0, 0.05) is 4.43 Å². The van der Waals surface area contributed by atoms with Crippen molar-refractivity contribution in [2.24, 2.45) is 0 Å². The zero-order chi connectivity index (χ0) is 4.41. The first-order valence-electron chi connectivity index (χ1n) is 2.11. The van der Waals surface area contributed by atoms with Crippen molar-refractivity contribution in [3.8, 4) is 0 Å². The van der Waals surface area contributed by atoms with E-state index in [4.69, 9.17) is 4.74 Å². The van der Waals surface area contributed by atoms with Crippen molar-refractivity contribution in [2.75, 3.05) is 11.0 Å². The summed E-state index contributed by atoms with van der Waals surface area (Å²) in [7, 11) is 0. The van der Waals surface area contributed by atoms with Gasteiger partial charge in [0.25, 0.3) is 0 Å². The lowest BCUT2D eigenvalue weighted by atomic mass is 10.4. The van der Waals surface area contributed by atoms with Crippen molar-refractivity contribution < 1.29 is 4.74 Å². The molecule has 1 aliphatic rings. The van der Waals surface area contributed by atoms with E-state index in [1.54, 1.807) is 0 Å². The number of rotatable bonds is 2. The first kappa shape index (κ1) is 4.84. The topological polar surface area (TPSA) is 12.5 Å². The van der Waals surface area contributed by atoms with E-state index in [0.29, 0.717) is 6.10 Å². The zero-order valence-corrected chi connectivity index (χ0v) is 5.64. The molecule has 0 aliphatic carbocycles. The smallest absolute Gasteiger partial charge is 0.0817 e. The molecule has 0 unspecified atom stereocenters. The maximum Gasteiger partial charge on any atom is 0.0817 e. The van der Waals surface area contributed by atoms with Gasteiger partial charge in [-0.25, -0.2) is 0 Å². The first-order valence-corrected chi connectivity index (χ1v) is 3.63. The van der Waals surface area contributed by atoms with Crippen LogP contribution in [0.1, 0.15) is 6.42 Å². The summed E-state index contributed by atoms with van der Waals surface area (Å²) in [5.41, 5.74) is 0. The van der Waals surface area contributed by atoms with Crippen LogP contribution in [0, 0.1) is 0 Å². The molecule has 1 aliphatic heterocycles. The van der Waals surface area contributed by atoms with Gasteiger partial charge < -0.3 is 4.74 Å². The molecule has 0 radical (unpaired) electrons. The second-order valence-electron chi connectivity index (χ2n) is 1.43. The van der Waals surface area contributed by atoms with E-state index in [0.717, 1.165) is 6.61 Å². The van der Waals surface area contributed by atoms with Gasteiger partial charge in [-0.3, -0.25) is 0 Å². The fourth-order valence-corrected chi connectivity index (χ4v) is 1.05. The van der Waals surface area contributed by atoms with Crippen molar-refractivity contribution in [1.29, 1.82) is 0 Å². The van der Waals surface area contributed by atoms with Crippen LogP contribution < -0.4 is 0 Å². The predicted octanol–water partition coefficient (Wildman–Crippen LogP) is 1.21. The number of hydrogen-bond acceptors (Lipinski definition) is 1. The van der Waals surface area contributed by atoms with Gasteiger partial charge in [-0.1, -0.05) is 22.6 Å². The molecule has 0 spiro atoms. The molecule has 0 N–H and O–H groups in total. The van der Waals surface area contributed by atoms with Gasteiger partial charge >= 0.3 is 0 Å². The molecule has 0 bridgehead atoms. The lowest BCUT2D eigenvalue weighted by molar-refractivity contribution is 0.405. The molecule has 6 heavy (non-hydrogen) atoms. The molecule has 36 valence electrons. The second kappa shape index (κ2) is 2.12. The van der Waals surface area contributed by atoms with Gasteiger partial charge in [0.2, 0.25) is 0 Å². The molecule has 1 fully saturated rings. The van der Waals surface area contributed by atoms with Gasteiger partial charge in [-0.2, -0.15) is 0 Å². The van der Waals surface area contributed by atoms with E-state index in [1.807, 2.05) is 0 Å². The number of alkyl halides is 1. The molecule has 1 rings (SSSR count). The van der Waals surface area contributed by atoms with Crippen LogP contribution in [0.15, 0.2) is 0 Å². The van der Waals surface area contributed by atoms with Crippen molar-refractivity contribution in [3.63, 3.8) is 0 Å². The van der Waals surface area contributed by atoms with Crippen LogP contribution in [-0.4, -0.2) is 17.1 Å². The van der Waals surface area contributed by atoms with E-state index in [2.05, 4.69) is 22.6 Å². The van der Waals surface area contributed by atoms with Crippen molar-refractivity contribution in [3.05, 3.63) is 0 Å². The molecule has 0 amide bonds. The molecular formula is C4H7IO. The second-order valence-corrected chi connectivity index (χ2v) is 2.51. The molecule has 1 saturated heterocycles. The number of epoxide rings is 1. The Morgan fingerprint density at radius 1 is 1.83 bits per heavy atom. The van der Waals surface area contributed by atoms with E-state index >= 15 is 0 Å². The lowest BCUT2D eigenvalue weighted by Crippen LogP contribution is -1.82. The SMILES string of the molecule is ICC[C@@H]1CO1. The van der Waals surface area contributed by atoms with E-state index in [9.17, 15) is 0 Å². The molecule has 1 atom stereocenters. The Morgan fingerprint density at radius 2 is 2.50 bits per heavy atom. The number of ether oxygens (including phenoxy) is 1. The monoisotopic (exact) mass is 198 g/mol. The third kappa shape index (κ3) is 1.43. The first-order chi connectivity index (χ1) is 2.93. The number of halogens is 1. The van der Waals surface area contributed by atoms with E-state index < -0.39 is 0 Å². The number of hydrogen-bond donors (Lipinski definition) is 0. The summed E-state index contributed by atoms with van der Waals surface area (Å²) in [5.74, 6) is 0. The summed E-state index contributed by atoms with van der Waals surface area (Å²) in [4.78, 5) is 0. The highest BCUT2D eigenvalue weighted by Crippen LogP contribution is 2.13. The fourth-order valence-electron chi connectivity index (χ4n) is 0.356. The molecule has 0 aromatic carbocycles. The van der Waals surface area contributed by atoms with Gasteiger partial charge in [-0.15, -0.1) is 0 Å².